The molecule has 0 saturated heterocycles. The molecule has 5 heteroatoms. The lowest BCUT2D eigenvalue weighted by molar-refractivity contribution is 0.100. The topological polar surface area (TPSA) is 68.0 Å². The van der Waals surface area contributed by atoms with E-state index >= 15 is 0 Å². The number of carbonyl (C=O) groups is 1. The van der Waals surface area contributed by atoms with Gasteiger partial charge in [-0.05, 0) is 30.2 Å². The standard InChI is InChI=1S/C15H14ClN3O/c16-10-3-1-9(2-4-10)11-7-14(11)19-13-5-6-18-8-12(13)15(17)20/h1-6,8,11,14H,7H2,(H2,17,20)(H,18,19). The smallest absolute Gasteiger partial charge is 0.252 e. The minimum absolute atomic E-state index is 0.316. The predicted molar refractivity (Wildman–Crippen MR) is 79.0 cm³/mol. The van der Waals surface area contributed by atoms with Gasteiger partial charge in [0.25, 0.3) is 5.91 Å². The SMILES string of the molecule is NC(=O)c1cnccc1NC1CC1c1ccc(Cl)cc1. The average Bonchev–Trinajstić information content (AvgIpc) is 3.19. The Labute approximate surface area is 122 Å². The number of halogens is 1. The second-order valence-electron chi connectivity index (χ2n) is 4.93. The third-order valence-electron chi connectivity index (χ3n) is 3.52. The molecule has 1 saturated carbocycles. The lowest BCUT2D eigenvalue weighted by atomic mass is 10.1. The summed E-state index contributed by atoms with van der Waals surface area (Å²) >= 11 is 5.88. The van der Waals surface area contributed by atoms with Gasteiger partial charge in [-0.3, -0.25) is 9.78 Å². The molecule has 2 aromatic rings. The molecule has 1 amide bonds. The molecular formula is C15H14ClN3O. The van der Waals surface area contributed by atoms with Gasteiger partial charge >= 0.3 is 0 Å². The van der Waals surface area contributed by atoms with Crippen molar-refractivity contribution in [2.45, 2.75) is 18.4 Å². The van der Waals surface area contributed by atoms with Gasteiger partial charge in [-0.2, -0.15) is 0 Å². The summed E-state index contributed by atoms with van der Waals surface area (Å²) in [6.45, 7) is 0. The second kappa shape index (κ2) is 5.13. The average molecular weight is 288 g/mol. The fourth-order valence-electron chi connectivity index (χ4n) is 2.35. The zero-order valence-corrected chi connectivity index (χ0v) is 11.5. The van der Waals surface area contributed by atoms with Crippen molar-refractivity contribution in [2.24, 2.45) is 5.73 Å². The molecule has 1 aliphatic carbocycles. The fraction of sp³-hybridized carbons (Fsp3) is 0.200. The Hall–Kier alpha value is -2.07. The first kappa shape index (κ1) is 12.9. The molecule has 4 nitrogen and oxygen atoms in total. The van der Waals surface area contributed by atoms with Crippen LogP contribution >= 0.6 is 11.6 Å². The summed E-state index contributed by atoms with van der Waals surface area (Å²) in [5.41, 5.74) is 7.76. The lowest BCUT2D eigenvalue weighted by Gasteiger charge is -2.09. The van der Waals surface area contributed by atoms with Crippen molar-refractivity contribution in [3.8, 4) is 0 Å². The van der Waals surface area contributed by atoms with Crippen molar-refractivity contribution in [2.75, 3.05) is 5.32 Å². The van der Waals surface area contributed by atoms with E-state index in [0.717, 1.165) is 17.1 Å². The minimum Gasteiger partial charge on any atom is -0.381 e. The maximum atomic E-state index is 11.3. The van der Waals surface area contributed by atoms with Crippen LogP contribution in [0.1, 0.15) is 28.3 Å². The number of anilines is 1. The van der Waals surface area contributed by atoms with E-state index < -0.39 is 5.91 Å². The first-order valence-electron chi connectivity index (χ1n) is 6.41. The maximum Gasteiger partial charge on any atom is 0.252 e. The molecule has 0 bridgehead atoms. The van der Waals surface area contributed by atoms with Gasteiger partial charge in [0.15, 0.2) is 0 Å². The highest BCUT2D eigenvalue weighted by Gasteiger charge is 2.38. The minimum atomic E-state index is -0.468. The van der Waals surface area contributed by atoms with Crippen LogP contribution in [0.4, 0.5) is 5.69 Å². The van der Waals surface area contributed by atoms with Crippen LogP contribution in [0.25, 0.3) is 0 Å². The van der Waals surface area contributed by atoms with Crippen LogP contribution in [0.15, 0.2) is 42.7 Å². The highest BCUT2D eigenvalue weighted by molar-refractivity contribution is 6.30. The summed E-state index contributed by atoms with van der Waals surface area (Å²) < 4.78 is 0. The number of benzene rings is 1. The number of nitrogens with zero attached hydrogens (tertiary/aromatic N) is 1. The molecule has 3 rings (SSSR count). The Morgan fingerprint density at radius 3 is 2.75 bits per heavy atom. The molecule has 1 aromatic carbocycles. The molecule has 20 heavy (non-hydrogen) atoms. The molecule has 2 atom stereocenters. The van der Waals surface area contributed by atoms with Gasteiger partial charge in [0.05, 0.1) is 11.3 Å². The van der Waals surface area contributed by atoms with Gasteiger partial charge in [0, 0.05) is 29.4 Å². The van der Waals surface area contributed by atoms with E-state index in [-0.39, 0.29) is 0 Å². The number of hydrogen-bond donors (Lipinski definition) is 2. The number of primary amides is 1. The first-order valence-corrected chi connectivity index (χ1v) is 6.79. The van der Waals surface area contributed by atoms with Gasteiger partial charge in [-0.25, -0.2) is 0 Å². The van der Waals surface area contributed by atoms with Crippen molar-refractivity contribution in [3.63, 3.8) is 0 Å². The molecule has 3 N–H and O–H groups in total. The Balaban J connectivity index is 1.72. The van der Waals surface area contributed by atoms with Crippen LogP contribution in [-0.2, 0) is 0 Å². The van der Waals surface area contributed by atoms with Crippen molar-refractivity contribution >= 4 is 23.2 Å². The Bertz CT molecular complexity index is 642. The van der Waals surface area contributed by atoms with Gasteiger partial charge in [0.1, 0.15) is 0 Å². The van der Waals surface area contributed by atoms with E-state index in [1.54, 1.807) is 12.3 Å². The Morgan fingerprint density at radius 2 is 2.05 bits per heavy atom. The predicted octanol–water partition coefficient (Wildman–Crippen LogP) is 2.80. The molecular weight excluding hydrogens is 274 g/mol. The van der Waals surface area contributed by atoms with Gasteiger partial charge in [-0.15, -0.1) is 0 Å². The van der Waals surface area contributed by atoms with Gasteiger partial charge < -0.3 is 11.1 Å². The quantitative estimate of drug-likeness (QED) is 0.908. The normalized spacial score (nSPS) is 20.4. The summed E-state index contributed by atoms with van der Waals surface area (Å²) in [6.07, 6.45) is 4.17. The highest BCUT2D eigenvalue weighted by Crippen LogP contribution is 2.43. The van der Waals surface area contributed by atoms with E-state index in [1.807, 2.05) is 24.3 Å². The molecule has 1 fully saturated rings. The molecule has 0 spiro atoms. The number of amides is 1. The largest absolute Gasteiger partial charge is 0.381 e. The number of nitrogens with one attached hydrogen (secondary N) is 1. The molecule has 1 aliphatic rings. The van der Waals surface area contributed by atoms with Crippen molar-refractivity contribution < 1.29 is 4.79 Å². The molecule has 2 unspecified atom stereocenters. The third-order valence-corrected chi connectivity index (χ3v) is 3.77. The Morgan fingerprint density at radius 1 is 1.30 bits per heavy atom. The summed E-state index contributed by atoms with van der Waals surface area (Å²) in [5, 5.41) is 4.10. The Kier molecular flexibility index (Phi) is 3.32. The van der Waals surface area contributed by atoms with Crippen LogP contribution in [0.2, 0.25) is 5.02 Å². The summed E-state index contributed by atoms with van der Waals surface area (Å²) in [4.78, 5) is 15.3. The molecule has 1 heterocycles. The van der Waals surface area contributed by atoms with Crippen molar-refractivity contribution in [3.05, 3.63) is 58.9 Å². The van der Waals surface area contributed by atoms with Crippen LogP contribution in [-0.4, -0.2) is 16.9 Å². The molecule has 1 aromatic heterocycles. The number of nitrogens with two attached hydrogens (primary N) is 1. The van der Waals surface area contributed by atoms with E-state index in [0.29, 0.717) is 17.5 Å². The van der Waals surface area contributed by atoms with Crippen molar-refractivity contribution in [1.29, 1.82) is 0 Å². The number of carbonyl (C=O) groups excluding carboxylic acids is 1. The lowest BCUT2D eigenvalue weighted by Crippen LogP contribution is -2.16. The van der Waals surface area contributed by atoms with Crippen LogP contribution < -0.4 is 11.1 Å². The van der Waals surface area contributed by atoms with E-state index in [1.165, 1.54) is 11.8 Å². The van der Waals surface area contributed by atoms with E-state index in [4.69, 9.17) is 17.3 Å². The van der Waals surface area contributed by atoms with E-state index in [9.17, 15) is 4.79 Å². The summed E-state index contributed by atoms with van der Waals surface area (Å²) in [5.74, 6) is -0.0227. The number of hydrogen-bond acceptors (Lipinski definition) is 3. The second-order valence-corrected chi connectivity index (χ2v) is 5.37. The maximum absolute atomic E-state index is 11.3. The highest BCUT2D eigenvalue weighted by atomic mass is 35.5. The number of aromatic nitrogens is 1. The third kappa shape index (κ3) is 2.60. The fourth-order valence-corrected chi connectivity index (χ4v) is 2.48. The monoisotopic (exact) mass is 287 g/mol. The number of pyridine rings is 1. The van der Waals surface area contributed by atoms with Crippen molar-refractivity contribution in [1.82, 2.24) is 4.98 Å². The van der Waals surface area contributed by atoms with Crippen LogP contribution in [0.3, 0.4) is 0 Å². The van der Waals surface area contributed by atoms with Gasteiger partial charge in [0.2, 0.25) is 0 Å². The summed E-state index contributed by atoms with van der Waals surface area (Å²) in [7, 11) is 0. The van der Waals surface area contributed by atoms with Crippen LogP contribution in [0.5, 0.6) is 0 Å². The van der Waals surface area contributed by atoms with E-state index in [2.05, 4.69) is 10.3 Å². The van der Waals surface area contributed by atoms with Crippen LogP contribution in [0, 0.1) is 0 Å². The number of rotatable bonds is 4. The first-order chi connectivity index (χ1) is 9.65. The molecule has 102 valence electrons. The molecule has 0 radical (unpaired) electrons. The molecule has 0 aliphatic heterocycles. The zero-order valence-electron chi connectivity index (χ0n) is 10.7. The summed E-state index contributed by atoms with van der Waals surface area (Å²) in [6, 6.07) is 9.96. The zero-order chi connectivity index (χ0) is 14.1. The van der Waals surface area contributed by atoms with Gasteiger partial charge in [-0.1, -0.05) is 23.7 Å².